The Labute approximate surface area is 140 Å². The minimum absolute atomic E-state index is 0.0725. The van der Waals surface area contributed by atoms with Crippen molar-refractivity contribution in [3.05, 3.63) is 79.4 Å². The van der Waals surface area contributed by atoms with Crippen LogP contribution >= 0.6 is 0 Å². The quantitative estimate of drug-likeness (QED) is 0.287. The van der Waals surface area contributed by atoms with Gasteiger partial charge < -0.3 is 10.6 Å². The van der Waals surface area contributed by atoms with Crippen molar-refractivity contribution in [2.45, 2.75) is 6.92 Å². The molecule has 25 heavy (non-hydrogen) atoms. The Bertz CT molecular complexity index is 876. The number of hydrogen-bond donors (Lipinski definition) is 1. The van der Waals surface area contributed by atoms with Gasteiger partial charge in [-0.05, 0) is 31.2 Å². The fourth-order valence-corrected chi connectivity index (χ4v) is 1.94. The second-order valence-corrected chi connectivity index (χ2v) is 4.92. The maximum atomic E-state index is 11.9. The number of aryl methyl sites for hydroxylation is 1. The monoisotopic (exact) mass is 344 g/mol. The Hall–Kier alpha value is -3.82. The molecule has 0 heterocycles. The molecule has 0 bridgehead atoms. The van der Waals surface area contributed by atoms with Crippen LogP contribution in [0.15, 0.2) is 47.6 Å². The van der Waals surface area contributed by atoms with E-state index in [-0.39, 0.29) is 22.8 Å². The summed E-state index contributed by atoms with van der Waals surface area (Å²) in [6, 6.07) is 8.93. The third-order valence-electron chi connectivity index (χ3n) is 3.23. The molecule has 0 aliphatic carbocycles. The van der Waals surface area contributed by atoms with Crippen LogP contribution in [-0.2, 0) is 4.84 Å². The van der Waals surface area contributed by atoms with Crippen LogP contribution in [0.4, 0.5) is 11.4 Å². The third-order valence-corrected chi connectivity index (χ3v) is 3.23. The van der Waals surface area contributed by atoms with E-state index in [2.05, 4.69) is 5.16 Å². The van der Waals surface area contributed by atoms with E-state index in [1.54, 1.807) is 0 Å². The SMILES string of the molecule is Cc1cc(C(=O)O/N=C(\N)c2ccc([N+](=O)[O-])cc2)ccc1[N+](=O)[O-]. The largest absolute Gasteiger partial charge is 0.380 e. The van der Waals surface area contributed by atoms with Gasteiger partial charge in [-0.15, -0.1) is 0 Å². The fourth-order valence-electron chi connectivity index (χ4n) is 1.94. The standard InChI is InChI=1S/C15H12N4O6/c1-9-8-11(4-7-13(9)19(23)24)15(20)25-17-14(16)10-2-5-12(6-3-10)18(21)22/h2-8H,1H3,(H2,16,17). The van der Waals surface area contributed by atoms with Crippen LogP contribution in [0.3, 0.4) is 0 Å². The van der Waals surface area contributed by atoms with Crippen molar-refractivity contribution in [1.29, 1.82) is 0 Å². The number of carbonyl (C=O) groups excluding carboxylic acids is 1. The van der Waals surface area contributed by atoms with Crippen LogP contribution in [0.5, 0.6) is 0 Å². The van der Waals surface area contributed by atoms with E-state index in [1.165, 1.54) is 49.4 Å². The highest BCUT2D eigenvalue weighted by Crippen LogP contribution is 2.19. The van der Waals surface area contributed by atoms with Gasteiger partial charge >= 0.3 is 5.97 Å². The van der Waals surface area contributed by atoms with Gasteiger partial charge in [0, 0.05) is 29.3 Å². The van der Waals surface area contributed by atoms with Crippen molar-refractivity contribution in [3.8, 4) is 0 Å². The number of non-ortho nitro benzene ring substituents is 1. The number of amidine groups is 1. The lowest BCUT2D eigenvalue weighted by molar-refractivity contribution is -0.385. The number of hydrogen-bond acceptors (Lipinski definition) is 7. The number of carbonyl (C=O) groups is 1. The fraction of sp³-hybridized carbons (Fsp3) is 0.0667. The van der Waals surface area contributed by atoms with E-state index >= 15 is 0 Å². The Morgan fingerprint density at radius 1 is 1.04 bits per heavy atom. The first kappa shape index (κ1) is 17.5. The first-order chi connectivity index (χ1) is 11.8. The molecule has 0 aliphatic heterocycles. The zero-order valence-corrected chi connectivity index (χ0v) is 12.9. The molecular weight excluding hydrogens is 332 g/mol. The molecule has 0 amide bonds. The summed E-state index contributed by atoms with van der Waals surface area (Å²) in [5, 5.41) is 24.8. The summed E-state index contributed by atoms with van der Waals surface area (Å²) in [6.07, 6.45) is 0. The summed E-state index contributed by atoms with van der Waals surface area (Å²) in [6.45, 7) is 1.49. The van der Waals surface area contributed by atoms with Crippen LogP contribution < -0.4 is 5.73 Å². The summed E-state index contributed by atoms with van der Waals surface area (Å²) in [4.78, 5) is 36.8. The summed E-state index contributed by atoms with van der Waals surface area (Å²) in [7, 11) is 0. The van der Waals surface area contributed by atoms with Gasteiger partial charge in [-0.3, -0.25) is 20.2 Å². The van der Waals surface area contributed by atoms with Crippen LogP contribution in [0, 0.1) is 27.2 Å². The number of nitrogens with two attached hydrogens (primary N) is 1. The van der Waals surface area contributed by atoms with Crippen molar-refractivity contribution in [2.24, 2.45) is 10.9 Å². The normalized spacial score (nSPS) is 11.0. The number of nitro benzene ring substituents is 2. The average Bonchev–Trinajstić information content (AvgIpc) is 2.58. The number of oxime groups is 1. The molecule has 0 saturated heterocycles. The third kappa shape index (κ3) is 4.13. The minimum Gasteiger partial charge on any atom is -0.380 e. The Kier molecular flexibility index (Phi) is 5.03. The lowest BCUT2D eigenvalue weighted by atomic mass is 10.1. The topological polar surface area (TPSA) is 151 Å². The second-order valence-electron chi connectivity index (χ2n) is 4.92. The molecule has 0 aliphatic rings. The summed E-state index contributed by atoms with van der Waals surface area (Å²) >= 11 is 0. The molecule has 0 aromatic heterocycles. The molecule has 0 spiro atoms. The van der Waals surface area contributed by atoms with Gasteiger partial charge in [-0.1, -0.05) is 5.16 Å². The second kappa shape index (κ2) is 7.17. The van der Waals surface area contributed by atoms with E-state index in [0.717, 1.165) is 0 Å². The lowest BCUT2D eigenvalue weighted by Gasteiger charge is -2.03. The number of benzene rings is 2. The highest BCUT2D eigenvalue weighted by molar-refractivity contribution is 5.98. The summed E-state index contributed by atoms with van der Waals surface area (Å²) < 4.78 is 0. The predicted octanol–water partition coefficient (Wildman–Crippen LogP) is 2.29. The van der Waals surface area contributed by atoms with Gasteiger partial charge in [0.05, 0.1) is 15.4 Å². The smallest absolute Gasteiger partial charge is 0.365 e. The maximum Gasteiger partial charge on any atom is 0.365 e. The predicted molar refractivity (Wildman–Crippen MR) is 87.1 cm³/mol. The molecule has 0 fully saturated rings. The molecule has 2 aromatic rings. The lowest BCUT2D eigenvalue weighted by Crippen LogP contribution is -2.15. The Balaban J connectivity index is 2.12. The molecular formula is C15H12N4O6. The molecule has 2 N–H and O–H groups in total. The molecule has 2 aromatic carbocycles. The van der Waals surface area contributed by atoms with Gasteiger partial charge in [-0.25, -0.2) is 4.79 Å². The Morgan fingerprint density at radius 2 is 1.64 bits per heavy atom. The first-order valence-corrected chi connectivity index (χ1v) is 6.84. The molecule has 0 saturated carbocycles. The van der Waals surface area contributed by atoms with Crippen LogP contribution in [0.2, 0.25) is 0 Å². The van der Waals surface area contributed by atoms with Gasteiger partial charge in [0.15, 0.2) is 5.84 Å². The minimum atomic E-state index is -0.845. The van der Waals surface area contributed by atoms with Crippen molar-refractivity contribution < 1.29 is 19.5 Å². The average molecular weight is 344 g/mol. The van der Waals surface area contributed by atoms with E-state index in [0.29, 0.717) is 11.1 Å². The molecule has 10 nitrogen and oxygen atoms in total. The zero-order chi connectivity index (χ0) is 18.6. The van der Waals surface area contributed by atoms with E-state index < -0.39 is 15.8 Å². The van der Waals surface area contributed by atoms with Crippen LogP contribution in [-0.4, -0.2) is 21.7 Å². The molecule has 0 radical (unpaired) electrons. The number of rotatable bonds is 5. The van der Waals surface area contributed by atoms with Gasteiger partial charge in [-0.2, -0.15) is 0 Å². The van der Waals surface area contributed by atoms with E-state index in [1.807, 2.05) is 0 Å². The van der Waals surface area contributed by atoms with E-state index in [4.69, 9.17) is 10.6 Å². The number of nitro groups is 2. The van der Waals surface area contributed by atoms with Gasteiger partial charge in [0.25, 0.3) is 11.4 Å². The number of nitrogens with zero attached hydrogens (tertiary/aromatic N) is 3. The molecule has 10 heteroatoms. The summed E-state index contributed by atoms with van der Waals surface area (Å²) in [5.74, 6) is -0.996. The van der Waals surface area contributed by atoms with Crippen molar-refractivity contribution in [2.75, 3.05) is 0 Å². The maximum absolute atomic E-state index is 11.9. The van der Waals surface area contributed by atoms with Gasteiger partial charge in [0.2, 0.25) is 0 Å². The molecule has 0 unspecified atom stereocenters. The highest BCUT2D eigenvalue weighted by atomic mass is 16.7. The van der Waals surface area contributed by atoms with Gasteiger partial charge in [0.1, 0.15) is 0 Å². The van der Waals surface area contributed by atoms with Crippen molar-refractivity contribution >= 4 is 23.2 Å². The van der Waals surface area contributed by atoms with Crippen molar-refractivity contribution in [1.82, 2.24) is 0 Å². The zero-order valence-electron chi connectivity index (χ0n) is 12.9. The first-order valence-electron chi connectivity index (χ1n) is 6.84. The molecule has 2 rings (SSSR count). The summed E-state index contributed by atoms with van der Waals surface area (Å²) in [5.41, 5.74) is 6.12. The van der Waals surface area contributed by atoms with Crippen molar-refractivity contribution in [3.63, 3.8) is 0 Å². The van der Waals surface area contributed by atoms with E-state index in [9.17, 15) is 25.0 Å². The van der Waals surface area contributed by atoms with Crippen LogP contribution in [0.1, 0.15) is 21.5 Å². The Morgan fingerprint density at radius 3 is 2.16 bits per heavy atom. The highest BCUT2D eigenvalue weighted by Gasteiger charge is 2.15. The molecule has 0 atom stereocenters. The van der Waals surface area contributed by atoms with Crippen LogP contribution in [0.25, 0.3) is 0 Å². The molecule has 128 valence electrons.